The zero-order chi connectivity index (χ0) is 13.4. The Morgan fingerprint density at radius 1 is 1.56 bits per heavy atom. The Kier molecular flexibility index (Phi) is 3.45. The fourth-order valence-electron chi connectivity index (χ4n) is 1.84. The van der Waals surface area contributed by atoms with E-state index in [0.29, 0.717) is 5.56 Å². The number of sulfonamides is 1. The molecule has 0 spiro atoms. The van der Waals surface area contributed by atoms with Gasteiger partial charge in [0.15, 0.2) is 14.9 Å². The van der Waals surface area contributed by atoms with E-state index < -0.39 is 25.9 Å². The van der Waals surface area contributed by atoms with Gasteiger partial charge >= 0.3 is 0 Å². The number of H-pyrrole nitrogens is 1. The Morgan fingerprint density at radius 2 is 2.28 bits per heavy atom. The van der Waals surface area contributed by atoms with Gasteiger partial charge in [0.25, 0.3) is 10.0 Å². The van der Waals surface area contributed by atoms with Gasteiger partial charge in [-0.2, -0.15) is 5.10 Å². The first-order valence-corrected chi connectivity index (χ1v) is 8.59. The number of nitrogens with two attached hydrogens (primary N) is 1. The minimum Gasteiger partial charge on any atom is -0.326 e. The molecule has 1 aliphatic heterocycles. The standard InChI is InChI=1S/C8H14N4O4S2/c9-3-6-4-10-11-8(6)18(15,16)12-7-1-2-17(13,14)5-7/h4,7,12H,1-3,5,9H2,(H,10,11). The molecule has 2 rings (SSSR count). The Hall–Kier alpha value is -0.970. The highest BCUT2D eigenvalue weighted by Gasteiger charge is 2.32. The number of sulfone groups is 1. The summed E-state index contributed by atoms with van der Waals surface area (Å²) in [6.45, 7) is 0.0374. The van der Waals surface area contributed by atoms with Crippen LogP contribution in [0.4, 0.5) is 0 Å². The van der Waals surface area contributed by atoms with Crippen molar-refractivity contribution >= 4 is 19.9 Å². The van der Waals surface area contributed by atoms with Gasteiger partial charge in [-0.05, 0) is 6.42 Å². The maximum Gasteiger partial charge on any atom is 0.258 e. The molecule has 1 unspecified atom stereocenters. The Bertz CT molecular complexity index is 634. The molecule has 102 valence electrons. The summed E-state index contributed by atoms with van der Waals surface area (Å²) in [6, 6.07) is -0.589. The average molecular weight is 294 g/mol. The van der Waals surface area contributed by atoms with Crippen LogP contribution in [0.2, 0.25) is 0 Å². The molecule has 0 amide bonds. The van der Waals surface area contributed by atoms with Crippen molar-refractivity contribution in [3.8, 4) is 0 Å². The second-order valence-electron chi connectivity index (χ2n) is 4.15. The van der Waals surface area contributed by atoms with E-state index in [9.17, 15) is 16.8 Å². The molecule has 0 aromatic carbocycles. The molecule has 1 aromatic rings. The minimum absolute atomic E-state index is 0.00685. The van der Waals surface area contributed by atoms with Crippen molar-refractivity contribution in [2.24, 2.45) is 5.73 Å². The van der Waals surface area contributed by atoms with Gasteiger partial charge in [-0.25, -0.2) is 21.6 Å². The highest BCUT2D eigenvalue weighted by molar-refractivity contribution is 7.92. The molecule has 4 N–H and O–H groups in total. The molecule has 1 fully saturated rings. The summed E-state index contributed by atoms with van der Waals surface area (Å²) in [5.41, 5.74) is 5.76. The van der Waals surface area contributed by atoms with Crippen LogP contribution in [0.3, 0.4) is 0 Å². The van der Waals surface area contributed by atoms with Crippen LogP contribution in [0.5, 0.6) is 0 Å². The molecule has 1 saturated heterocycles. The second kappa shape index (κ2) is 4.61. The molecular weight excluding hydrogens is 280 g/mol. The van der Waals surface area contributed by atoms with E-state index in [4.69, 9.17) is 5.73 Å². The number of hydrogen-bond acceptors (Lipinski definition) is 6. The van der Waals surface area contributed by atoms with Gasteiger partial charge in [-0.1, -0.05) is 0 Å². The van der Waals surface area contributed by atoms with Gasteiger partial charge in [-0.15, -0.1) is 0 Å². The van der Waals surface area contributed by atoms with Crippen LogP contribution in [0.1, 0.15) is 12.0 Å². The molecule has 0 bridgehead atoms. The SMILES string of the molecule is NCc1cn[nH]c1S(=O)(=O)NC1CCS(=O)(=O)C1. The fourth-order valence-corrected chi connectivity index (χ4v) is 5.03. The average Bonchev–Trinajstić information content (AvgIpc) is 2.84. The molecule has 0 radical (unpaired) electrons. The van der Waals surface area contributed by atoms with Crippen LogP contribution in [0.15, 0.2) is 11.2 Å². The minimum atomic E-state index is -3.81. The number of rotatable bonds is 4. The fraction of sp³-hybridized carbons (Fsp3) is 0.625. The third-order valence-electron chi connectivity index (χ3n) is 2.72. The summed E-state index contributed by atoms with van der Waals surface area (Å²) in [6.07, 6.45) is 1.62. The zero-order valence-corrected chi connectivity index (χ0v) is 11.1. The summed E-state index contributed by atoms with van der Waals surface area (Å²) in [4.78, 5) is 0. The summed E-state index contributed by atoms with van der Waals surface area (Å²) in [7, 11) is -6.94. The van der Waals surface area contributed by atoms with Crippen molar-refractivity contribution in [3.63, 3.8) is 0 Å². The van der Waals surface area contributed by atoms with Gasteiger partial charge < -0.3 is 5.73 Å². The summed E-state index contributed by atoms with van der Waals surface area (Å²) in [5.74, 6) is -0.161. The number of hydrogen-bond donors (Lipinski definition) is 3. The molecular formula is C8H14N4O4S2. The zero-order valence-electron chi connectivity index (χ0n) is 9.46. The van der Waals surface area contributed by atoms with Crippen LogP contribution in [0.25, 0.3) is 0 Å². The summed E-state index contributed by atoms with van der Waals surface area (Å²) >= 11 is 0. The lowest BCUT2D eigenvalue weighted by atomic mass is 10.3. The number of aromatic nitrogens is 2. The lowest BCUT2D eigenvalue weighted by Gasteiger charge is -2.10. The third kappa shape index (κ3) is 2.71. The normalized spacial score (nSPS) is 23.3. The van der Waals surface area contributed by atoms with Gasteiger partial charge in [0.1, 0.15) is 0 Å². The predicted octanol–water partition coefficient (Wildman–Crippen LogP) is -1.67. The second-order valence-corrected chi connectivity index (χ2v) is 8.03. The first-order chi connectivity index (χ1) is 8.34. The van der Waals surface area contributed by atoms with Gasteiger partial charge in [0.05, 0.1) is 17.7 Å². The van der Waals surface area contributed by atoms with E-state index in [2.05, 4.69) is 14.9 Å². The topological polar surface area (TPSA) is 135 Å². The van der Waals surface area contributed by atoms with E-state index in [-0.39, 0.29) is 29.5 Å². The first kappa shape index (κ1) is 13.5. The molecule has 8 nitrogen and oxygen atoms in total. The Balaban J connectivity index is 2.19. The maximum atomic E-state index is 12.0. The van der Waals surface area contributed by atoms with Crippen LogP contribution < -0.4 is 10.5 Å². The van der Waals surface area contributed by atoms with Crippen molar-refractivity contribution < 1.29 is 16.8 Å². The highest BCUT2D eigenvalue weighted by atomic mass is 32.2. The van der Waals surface area contributed by atoms with Crippen LogP contribution in [-0.2, 0) is 26.4 Å². The van der Waals surface area contributed by atoms with Crippen molar-refractivity contribution in [1.82, 2.24) is 14.9 Å². The quantitative estimate of drug-likeness (QED) is 0.608. The van der Waals surface area contributed by atoms with Crippen LogP contribution in [-0.4, -0.2) is 44.6 Å². The summed E-state index contributed by atoms with van der Waals surface area (Å²) in [5, 5.41) is 5.88. The molecule has 0 aliphatic carbocycles. The smallest absolute Gasteiger partial charge is 0.258 e. The Labute approximate surface area is 105 Å². The molecule has 1 aromatic heterocycles. The highest BCUT2D eigenvalue weighted by Crippen LogP contribution is 2.16. The van der Waals surface area contributed by atoms with Gasteiger partial charge in [-0.3, -0.25) is 5.10 Å². The van der Waals surface area contributed by atoms with Crippen molar-refractivity contribution in [1.29, 1.82) is 0 Å². The van der Waals surface area contributed by atoms with Crippen molar-refractivity contribution in [2.75, 3.05) is 11.5 Å². The van der Waals surface area contributed by atoms with Crippen LogP contribution >= 0.6 is 0 Å². The largest absolute Gasteiger partial charge is 0.326 e. The maximum absolute atomic E-state index is 12.0. The first-order valence-electron chi connectivity index (χ1n) is 5.29. The molecule has 1 aliphatic rings. The number of nitrogens with one attached hydrogen (secondary N) is 2. The lowest BCUT2D eigenvalue weighted by molar-refractivity contribution is 0.557. The van der Waals surface area contributed by atoms with Crippen LogP contribution in [0, 0.1) is 0 Å². The van der Waals surface area contributed by atoms with E-state index in [0.717, 1.165) is 0 Å². The van der Waals surface area contributed by atoms with Gasteiger partial charge in [0.2, 0.25) is 0 Å². The molecule has 18 heavy (non-hydrogen) atoms. The summed E-state index contributed by atoms with van der Waals surface area (Å²) < 4.78 is 48.9. The Morgan fingerprint density at radius 3 is 2.83 bits per heavy atom. The van der Waals surface area contributed by atoms with Gasteiger partial charge in [0, 0.05) is 18.2 Å². The predicted molar refractivity (Wildman–Crippen MR) is 63.9 cm³/mol. The van der Waals surface area contributed by atoms with E-state index in [1.807, 2.05) is 0 Å². The van der Waals surface area contributed by atoms with E-state index in [1.165, 1.54) is 6.20 Å². The number of nitrogens with zero attached hydrogens (tertiary/aromatic N) is 1. The molecule has 10 heteroatoms. The van der Waals surface area contributed by atoms with E-state index >= 15 is 0 Å². The van der Waals surface area contributed by atoms with E-state index in [1.54, 1.807) is 0 Å². The third-order valence-corrected chi connectivity index (χ3v) is 6.02. The lowest BCUT2D eigenvalue weighted by Crippen LogP contribution is -2.36. The monoisotopic (exact) mass is 294 g/mol. The number of aromatic amines is 1. The van der Waals surface area contributed by atoms with Crippen molar-refractivity contribution in [3.05, 3.63) is 11.8 Å². The molecule has 0 saturated carbocycles. The van der Waals surface area contributed by atoms with Crippen molar-refractivity contribution in [2.45, 2.75) is 24.0 Å². The molecule has 1 atom stereocenters. The molecule has 2 heterocycles.